The zero-order chi connectivity index (χ0) is 21.1. The number of fused-ring (bicyclic) bond motifs is 1. The summed E-state index contributed by atoms with van der Waals surface area (Å²) in [5.74, 6) is 1.77. The molecule has 4 rings (SSSR count). The second-order valence-electron chi connectivity index (χ2n) is 7.73. The number of piperidine rings is 1. The zero-order valence-corrected chi connectivity index (χ0v) is 18.5. The van der Waals surface area contributed by atoms with E-state index in [2.05, 4.69) is 16.3 Å². The van der Waals surface area contributed by atoms with Gasteiger partial charge in [-0.1, -0.05) is 6.07 Å². The van der Waals surface area contributed by atoms with Gasteiger partial charge in [0.15, 0.2) is 0 Å². The summed E-state index contributed by atoms with van der Waals surface area (Å²) in [4.78, 5) is 25.6. The van der Waals surface area contributed by atoms with E-state index in [1.54, 1.807) is 11.3 Å². The van der Waals surface area contributed by atoms with Crippen molar-refractivity contribution in [2.75, 3.05) is 24.6 Å². The number of carbonyl (C=O) groups is 1. The maximum Gasteiger partial charge on any atom is 0.226 e. The molecule has 1 amide bonds. The van der Waals surface area contributed by atoms with Gasteiger partial charge in [0, 0.05) is 29.3 Å². The van der Waals surface area contributed by atoms with Crippen LogP contribution < -0.4 is 15.0 Å². The number of nitrogens with one attached hydrogen (secondary N) is 1. The van der Waals surface area contributed by atoms with Crippen LogP contribution in [0.3, 0.4) is 0 Å². The highest BCUT2D eigenvalue weighted by molar-refractivity contribution is 7.10. The summed E-state index contributed by atoms with van der Waals surface area (Å²) in [6.07, 6.45) is 1.62. The van der Waals surface area contributed by atoms with Crippen molar-refractivity contribution in [1.82, 2.24) is 15.3 Å². The number of aromatic nitrogens is 2. The summed E-state index contributed by atoms with van der Waals surface area (Å²) >= 11 is 1.68. The number of ether oxygens (including phenoxy) is 1. The number of benzene rings is 1. The molecule has 6 nitrogen and oxygen atoms in total. The van der Waals surface area contributed by atoms with E-state index in [0.717, 1.165) is 54.2 Å². The van der Waals surface area contributed by atoms with E-state index in [1.165, 1.54) is 4.88 Å². The molecule has 2 aromatic heterocycles. The minimum absolute atomic E-state index is 0.0407. The Labute approximate surface area is 181 Å². The molecule has 0 bridgehead atoms. The summed E-state index contributed by atoms with van der Waals surface area (Å²) < 4.78 is 5.60. The lowest BCUT2D eigenvalue weighted by Gasteiger charge is -2.32. The van der Waals surface area contributed by atoms with Gasteiger partial charge >= 0.3 is 0 Å². The lowest BCUT2D eigenvalue weighted by Crippen LogP contribution is -2.41. The molecule has 1 aromatic carbocycles. The van der Waals surface area contributed by atoms with Gasteiger partial charge in [0.05, 0.1) is 23.9 Å². The molecule has 1 aliphatic rings. The van der Waals surface area contributed by atoms with Crippen LogP contribution in [0.25, 0.3) is 10.9 Å². The van der Waals surface area contributed by atoms with Crippen molar-refractivity contribution < 1.29 is 9.53 Å². The van der Waals surface area contributed by atoms with Crippen LogP contribution in [-0.2, 0) is 4.79 Å². The number of thiophene rings is 1. The van der Waals surface area contributed by atoms with E-state index in [4.69, 9.17) is 14.7 Å². The molecule has 7 heteroatoms. The third kappa shape index (κ3) is 4.41. The second-order valence-corrected chi connectivity index (χ2v) is 8.71. The molecule has 158 valence electrons. The van der Waals surface area contributed by atoms with E-state index in [-0.39, 0.29) is 17.9 Å². The van der Waals surface area contributed by atoms with E-state index < -0.39 is 0 Å². The van der Waals surface area contributed by atoms with Crippen LogP contribution in [0.5, 0.6) is 5.75 Å². The summed E-state index contributed by atoms with van der Waals surface area (Å²) in [5, 5.41) is 6.22. The largest absolute Gasteiger partial charge is 0.494 e. The molecule has 1 N–H and O–H groups in total. The highest BCUT2D eigenvalue weighted by atomic mass is 32.1. The highest BCUT2D eigenvalue weighted by Crippen LogP contribution is 2.27. The molecule has 0 saturated carbocycles. The number of carbonyl (C=O) groups excluding carboxylic acids is 1. The fraction of sp³-hybridized carbons (Fsp3) is 0.435. The second kappa shape index (κ2) is 9.00. The van der Waals surface area contributed by atoms with E-state index in [1.807, 2.05) is 50.4 Å². The standard InChI is InChI=1S/C23H28N4O2S/c1-4-29-18-7-8-20-19(14-18)15(2)25-23(26-20)27-11-9-17(10-12-27)22(28)24-16(3)21-6-5-13-30-21/h5-8,13-14,16-17H,4,9-12H2,1-3H3,(H,24,28). The summed E-state index contributed by atoms with van der Waals surface area (Å²) in [7, 11) is 0. The fourth-order valence-corrected chi connectivity index (χ4v) is 4.66. The van der Waals surface area contributed by atoms with Crippen LogP contribution in [0.1, 0.15) is 43.3 Å². The van der Waals surface area contributed by atoms with Crippen molar-refractivity contribution in [3.8, 4) is 5.75 Å². The molecule has 0 aliphatic carbocycles. The minimum Gasteiger partial charge on any atom is -0.494 e. The average molecular weight is 425 g/mol. The fourth-order valence-electron chi connectivity index (χ4n) is 3.92. The maximum absolute atomic E-state index is 12.7. The summed E-state index contributed by atoms with van der Waals surface area (Å²) in [6.45, 7) is 8.24. The molecule has 1 atom stereocenters. The van der Waals surface area contributed by atoms with Crippen molar-refractivity contribution in [3.63, 3.8) is 0 Å². The average Bonchev–Trinajstić information content (AvgIpc) is 3.29. The van der Waals surface area contributed by atoms with Crippen LogP contribution in [0.15, 0.2) is 35.7 Å². The number of amides is 1. The monoisotopic (exact) mass is 424 g/mol. The normalized spacial score (nSPS) is 15.9. The van der Waals surface area contributed by atoms with Crippen molar-refractivity contribution in [2.45, 2.75) is 39.7 Å². The third-order valence-corrected chi connectivity index (χ3v) is 6.69. The van der Waals surface area contributed by atoms with Crippen LogP contribution in [0.4, 0.5) is 5.95 Å². The van der Waals surface area contributed by atoms with E-state index >= 15 is 0 Å². The number of nitrogens with zero attached hydrogens (tertiary/aromatic N) is 3. The molecule has 3 heterocycles. The lowest BCUT2D eigenvalue weighted by molar-refractivity contribution is -0.126. The number of aryl methyl sites for hydroxylation is 1. The summed E-state index contributed by atoms with van der Waals surface area (Å²) in [5.41, 5.74) is 1.87. The maximum atomic E-state index is 12.7. The molecule has 0 radical (unpaired) electrons. The molecule has 1 saturated heterocycles. The Hall–Kier alpha value is -2.67. The topological polar surface area (TPSA) is 67.3 Å². The van der Waals surface area contributed by atoms with Gasteiger partial charge in [0.1, 0.15) is 5.75 Å². The first kappa shape index (κ1) is 20.6. The molecule has 30 heavy (non-hydrogen) atoms. The van der Waals surface area contributed by atoms with E-state index in [0.29, 0.717) is 6.61 Å². The minimum atomic E-state index is 0.0407. The number of anilines is 1. The first-order valence-electron chi connectivity index (χ1n) is 10.5. The van der Waals surface area contributed by atoms with Crippen molar-refractivity contribution in [2.24, 2.45) is 5.92 Å². The van der Waals surface area contributed by atoms with Gasteiger partial charge in [-0.25, -0.2) is 9.97 Å². The SMILES string of the molecule is CCOc1ccc2nc(N3CCC(C(=O)NC(C)c4cccs4)CC3)nc(C)c2c1. The van der Waals surface area contributed by atoms with Crippen molar-refractivity contribution in [3.05, 3.63) is 46.3 Å². The van der Waals surface area contributed by atoms with Gasteiger partial charge in [-0.3, -0.25) is 4.79 Å². The van der Waals surface area contributed by atoms with Crippen LogP contribution in [0, 0.1) is 12.8 Å². The Kier molecular flexibility index (Phi) is 6.18. The van der Waals surface area contributed by atoms with Gasteiger partial charge in [0.2, 0.25) is 11.9 Å². The van der Waals surface area contributed by atoms with Gasteiger partial charge in [-0.15, -0.1) is 11.3 Å². The predicted octanol–water partition coefficient (Wildman–Crippen LogP) is 4.49. The molecule has 1 unspecified atom stereocenters. The van der Waals surface area contributed by atoms with Crippen molar-refractivity contribution in [1.29, 1.82) is 0 Å². The van der Waals surface area contributed by atoms with Crippen molar-refractivity contribution >= 4 is 34.1 Å². The Morgan fingerprint density at radius 1 is 1.30 bits per heavy atom. The number of hydrogen-bond donors (Lipinski definition) is 1. The zero-order valence-electron chi connectivity index (χ0n) is 17.7. The lowest BCUT2D eigenvalue weighted by atomic mass is 9.95. The Morgan fingerprint density at radius 2 is 2.10 bits per heavy atom. The number of rotatable bonds is 6. The molecule has 3 aromatic rings. The van der Waals surface area contributed by atoms with Crippen LogP contribution in [0.2, 0.25) is 0 Å². The summed E-state index contributed by atoms with van der Waals surface area (Å²) in [6, 6.07) is 10.1. The first-order valence-corrected chi connectivity index (χ1v) is 11.4. The molecule has 0 spiro atoms. The predicted molar refractivity (Wildman–Crippen MR) is 121 cm³/mol. The van der Waals surface area contributed by atoms with Gasteiger partial charge in [0.25, 0.3) is 0 Å². The molecular formula is C23H28N4O2S. The number of hydrogen-bond acceptors (Lipinski definition) is 6. The van der Waals surface area contributed by atoms with E-state index in [9.17, 15) is 4.79 Å². The highest BCUT2D eigenvalue weighted by Gasteiger charge is 2.27. The first-order chi connectivity index (χ1) is 14.5. The quantitative estimate of drug-likeness (QED) is 0.631. The van der Waals surface area contributed by atoms with Gasteiger partial charge in [-0.2, -0.15) is 0 Å². The van der Waals surface area contributed by atoms with Crippen LogP contribution in [-0.4, -0.2) is 35.6 Å². The Balaban J connectivity index is 1.40. The third-order valence-electron chi connectivity index (χ3n) is 5.63. The van der Waals surface area contributed by atoms with Crippen LogP contribution >= 0.6 is 11.3 Å². The Morgan fingerprint density at radius 3 is 2.80 bits per heavy atom. The molecular weight excluding hydrogens is 396 g/mol. The Bertz CT molecular complexity index is 1010. The molecule has 1 fully saturated rings. The molecule has 1 aliphatic heterocycles. The van der Waals surface area contributed by atoms with Gasteiger partial charge < -0.3 is 15.0 Å². The smallest absolute Gasteiger partial charge is 0.226 e. The van der Waals surface area contributed by atoms with Gasteiger partial charge in [-0.05, 0) is 63.3 Å².